The van der Waals surface area contributed by atoms with E-state index in [0.717, 1.165) is 12.8 Å². The minimum atomic E-state index is 0. The van der Waals surface area contributed by atoms with Gasteiger partial charge in [0.15, 0.2) is 0 Å². The predicted molar refractivity (Wildman–Crippen MR) is 53.7 cm³/mol. The molecule has 0 aromatic rings. The quantitative estimate of drug-likeness (QED) is 0.403. The van der Waals surface area contributed by atoms with Crippen LogP contribution in [0, 0.1) is 12.2 Å². The van der Waals surface area contributed by atoms with Crippen molar-refractivity contribution in [2.75, 3.05) is 6.61 Å². The van der Waals surface area contributed by atoms with Crippen LogP contribution in [0.4, 0.5) is 0 Å². The SMILES string of the molecule is CC[O-].[C-]1=CC=CC1.[C-]1=CC=CC1.[Cl-].[Ti+4]. The van der Waals surface area contributed by atoms with Crippen LogP contribution in [0.15, 0.2) is 36.5 Å². The topological polar surface area (TPSA) is 23.1 Å². The third-order valence-electron chi connectivity index (χ3n) is 1.17. The van der Waals surface area contributed by atoms with E-state index < -0.39 is 0 Å². The number of allylic oxidation sites excluding steroid dienone is 8. The summed E-state index contributed by atoms with van der Waals surface area (Å²) in [4.78, 5) is 0. The monoisotopic (exact) mass is 258 g/mol. The van der Waals surface area contributed by atoms with Gasteiger partial charge < -0.3 is 17.5 Å². The van der Waals surface area contributed by atoms with E-state index in [9.17, 15) is 0 Å². The summed E-state index contributed by atoms with van der Waals surface area (Å²) in [5.74, 6) is 0. The fourth-order valence-electron chi connectivity index (χ4n) is 0.680. The van der Waals surface area contributed by atoms with Crippen LogP contribution in [0.2, 0.25) is 0 Å². The van der Waals surface area contributed by atoms with Gasteiger partial charge in [-0.3, -0.25) is 12.2 Å². The summed E-state index contributed by atoms with van der Waals surface area (Å²) >= 11 is 0. The Kier molecular flexibility index (Phi) is 26.4. The van der Waals surface area contributed by atoms with Gasteiger partial charge in [0.25, 0.3) is 0 Å². The molecule has 3 heteroatoms. The van der Waals surface area contributed by atoms with E-state index in [1.807, 2.05) is 24.3 Å². The van der Waals surface area contributed by atoms with Gasteiger partial charge in [-0.2, -0.15) is 12.2 Å². The zero-order valence-electron chi connectivity index (χ0n) is 8.87. The Bertz CT molecular complexity index is 166. The molecular formula is C12H15ClOTi. The van der Waals surface area contributed by atoms with Crippen molar-refractivity contribution in [3.05, 3.63) is 48.6 Å². The molecular weight excluding hydrogens is 243 g/mol. The van der Waals surface area contributed by atoms with E-state index in [0.29, 0.717) is 0 Å². The van der Waals surface area contributed by atoms with Crippen LogP contribution in [0.25, 0.3) is 0 Å². The second-order valence-corrected chi connectivity index (χ2v) is 2.29. The van der Waals surface area contributed by atoms with Gasteiger partial charge in [0.1, 0.15) is 0 Å². The molecule has 15 heavy (non-hydrogen) atoms. The van der Waals surface area contributed by atoms with E-state index in [1.54, 1.807) is 6.92 Å². The van der Waals surface area contributed by atoms with Crippen LogP contribution in [0.3, 0.4) is 0 Å². The Morgan fingerprint density at radius 3 is 1.47 bits per heavy atom. The first-order valence-electron chi connectivity index (χ1n) is 4.43. The second kappa shape index (κ2) is 19.5. The molecule has 0 saturated heterocycles. The van der Waals surface area contributed by atoms with Crippen molar-refractivity contribution >= 4 is 0 Å². The maximum atomic E-state index is 8.93. The Hall–Kier alpha value is -0.0757. The largest absolute Gasteiger partial charge is 4.00 e. The van der Waals surface area contributed by atoms with Gasteiger partial charge in [-0.25, -0.2) is 24.3 Å². The third-order valence-corrected chi connectivity index (χ3v) is 1.17. The smallest absolute Gasteiger partial charge is 1.00 e. The molecule has 0 radical (unpaired) electrons. The molecule has 0 aliphatic heterocycles. The van der Waals surface area contributed by atoms with Gasteiger partial charge >= 0.3 is 21.7 Å². The Balaban J connectivity index is -0.000000140. The summed E-state index contributed by atoms with van der Waals surface area (Å²) in [5.41, 5.74) is 0. The molecule has 0 N–H and O–H groups in total. The summed E-state index contributed by atoms with van der Waals surface area (Å²) in [7, 11) is 0. The standard InChI is InChI=1S/2C5H5.C2H5O.ClH.Ti/c2*1-2-4-5-3-1;1-2-3;;/h2*1-3H,4H2;2H2,1H3;1H;/q3*-1;;+4/p-1. The molecule has 2 rings (SSSR count). The predicted octanol–water partition coefficient (Wildman–Crippen LogP) is -1.02. The summed E-state index contributed by atoms with van der Waals surface area (Å²) in [6.07, 6.45) is 20.0. The van der Waals surface area contributed by atoms with Crippen molar-refractivity contribution in [2.45, 2.75) is 19.8 Å². The zero-order valence-corrected chi connectivity index (χ0v) is 11.2. The van der Waals surface area contributed by atoms with E-state index in [2.05, 4.69) is 24.3 Å². The molecule has 2 aliphatic carbocycles. The molecule has 0 amide bonds. The van der Waals surface area contributed by atoms with Gasteiger partial charge in [0.2, 0.25) is 0 Å². The van der Waals surface area contributed by atoms with E-state index in [1.165, 1.54) is 0 Å². The minimum Gasteiger partial charge on any atom is -1.00 e. The van der Waals surface area contributed by atoms with Crippen LogP contribution in [0.5, 0.6) is 0 Å². The second-order valence-electron chi connectivity index (χ2n) is 2.29. The maximum absolute atomic E-state index is 8.93. The van der Waals surface area contributed by atoms with Crippen LogP contribution in [0.1, 0.15) is 19.8 Å². The number of hydrogen-bond donors (Lipinski definition) is 0. The normalized spacial score (nSPS) is 12.9. The Morgan fingerprint density at radius 1 is 1.07 bits per heavy atom. The average molecular weight is 259 g/mol. The molecule has 2 aliphatic rings. The number of halogens is 1. The molecule has 1 nitrogen and oxygen atoms in total. The molecule has 0 atom stereocenters. The maximum Gasteiger partial charge on any atom is 4.00 e. The Labute approximate surface area is 114 Å². The molecule has 80 valence electrons. The third kappa shape index (κ3) is 20.1. The molecule has 0 heterocycles. The Morgan fingerprint density at radius 2 is 1.40 bits per heavy atom. The van der Waals surface area contributed by atoms with E-state index in [-0.39, 0.29) is 40.7 Å². The molecule has 0 saturated carbocycles. The summed E-state index contributed by atoms with van der Waals surface area (Å²) < 4.78 is 0. The van der Waals surface area contributed by atoms with Crippen molar-refractivity contribution < 1.29 is 39.2 Å². The van der Waals surface area contributed by atoms with Gasteiger partial charge in [-0.05, 0) is 0 Å². The molecule has 0 bridgehead atoms. The van der Waals surface area contributed by atoms with Crippen LogP contribution in [-0.4, -0.2) is 6.61 Å². The summed E-state index contributed by atoms with van der Waals surface area (Å²) in [5, 5.41) is 8.93. The van der Waals surface area contributed by atoms with Crippen molar-refractivity contribution in [3.8, 4) is 0 Å². The van der Waals surface area contributed by atoms with Gasteiger partial charge in [-0.1, -0.05) is 6.92 Å². The average Bonchev–Trinajstić information content (AvgIpc) is 2.85. The fraction of sp³-hybridized carbons (Fsp3) is 0.333. The van der Waals surface area contributed by atoms with Gasteiger partial charge in [0, 0.05) is 0 Å². The van der Waals surface area contributed by atoms with Crippen LogP contribution in [-0.2, 0) is 21.7 Å². The van der Waals surface area contributed by atoms with Gasteiger partial charge in [0.05, 0.1) is 0 Å². The van der Waals surface area contributed by atoms with Gasteiger partial charge in [-0.15, -0.1) is 19.4 Å². The van der Waals surface area contributed by atoms with E-state index in [4.69, 9.17) is 5.11 Å². The van der Waals surface area contributed by atoms with E-state index >= 15 is 0 Å². The first-order chi connectivity index (χ1) is 6.41. The van der Waals surface area contributed by atoms with Crippen LogP contribution < -0.4 is 17.5 Å². The van der Waals surface area contributed by atoms with Crippen molar-refractivity contribution in [1.29, 1.82) is 0 Å². The molecule has 0 aromatic carbocycles. The summed E-state index contributed by atoms with van der Waals surface area (Å²) in [6, 6.07) is 0. The molecule has 0 unspecified atom stereocenters. The van der Waals surface area contributed by atoms with Crippen molar-refractivity contribution in [2.24, 2.45) is 0 Å². The first-order valence-corrected chi connectivity index (χ1v) is 4.43. The number of rotatable bonds is 0. The summed E-state index contributed by atoms with van der Waals surface area (Å²) in [6.45, 7) is 1.57. The number of hydrogen-bond acceptors (Lipinski definition) is 1. The molecule has 0 spiro atoms. The van der Waals surface area contributed by atoms with Crippen LogP contribution >= 0.6 is 0 Å². The molecule has 0 aromatic heterocycles. The first kappa shape index (κ1) is 20.4. The van der Waals surface area contributed by atoms with Crippen molar-refractivity contribution in [3.63, 3.8) is 0 Å². The van der Waals surface area contributed by atoms with Crippen molar-refractivity contribution in [1.82, 2.24) is 0 Å². The zero-order chi connectivity index (χ0) is 9.78. The molecule has 0 fully saturated rings. The minimum absolute atomic E-state index is 0. The fourth-order valence-corrected chi connectivity index (χ4v) is 0.680.